The van der Waals surface area contributed by atoms with E-state index in [9.17, 15) is 13.6 Å². The third-order valence-electron chi connectivity index (χ3n) is 4.15. The summed E-state index contributed by atoms with van der Waals surface area (Å²) >= 11 is 0. The minimum atomic E-state index is -2.88. The number of alkyl halides is 2. The van der Waals surface area contributed by atoms with E-state index in [1.807, 2.05) is 4.90 Å². The Kier molecular flexibility index (Phi) is 4.51. The van der Waals surface area contributed by atoms with Crippen LogP contribution in [0.3, 0.4) is 0 Å². The lowest BCUT2D eigenvalue weighted by Gasteiger charge is -2.43. The van der Waals surface area contributed by atoms with Crippen LogP contribution in [-0.4, -0.2) is 61.8 Å². The molecule has 0 aromatic heterocycles. The van der Waals surface area contributed by atoms with Gasteiger partial charge < -0.3 is 19.7 Å². The molecule has 0 spiro atoms. The first-order chi connectivity index (χ1) is 11.1. The van der Waals surface area contributed by atoms with E-state index in [1.165, 1.54) is 13.2 Å². The van der Waals surface area contributed by atoms with Gasteiger partial charge in [-0.1, -0.05) is 6.07 Å². The first-order valence-corrected chi connectivity index (χ1v) is 7.45. The average Bonchev–Trinajstić information content (AvgIpc) is 2.88. The lowest BCUT2D eigenvalue weighted by molar-refractivity contribution is -0.0513. The van der Waals surface area contributed by atoms with Crippen molar-refractivity contribution in [1.82, 2.24) is 15.1 Å². The molecule has 2 saturated heterocycles. The van der Waals surface area contributed by atoms with E-state index in [1.54, 1.807) is 12.1 Å². The standard InChI is InChI=1S/C15H19F2N3O3/c1-22-12-3-2-10(13(6-12)23-14(16)17)7-19-8-11(9-19)20-5-4-18-15(20)21/h2-3,6,11,14H,4-5,7-9H2,1H3,(H,18,21). The number of hydrogen-bond donors (Lipinski definition) is 1. The second kappa shape index (κ2) is 6.57. The Morgan fingerprint density at radius 2 is 2.17 bits per heavy atom. The third-order valence-corrected chi connectivity index (χ3v) is 4.15. The highest BCUT2D eigenvalue weighted by atomic mass is 19.3. The van der Waals surface area contributed by atoms with Crippen molar-refractivity contribution in [2.75, 3.05) is 33.3 Å². The van der Waals surface area contributed by atoms with Crippen molar-refractivity contribution in [2.45, 2.75) is 19.2 Å². The van der Waals surface area contributed by atoms with Crippen LogP contribution >= 0.6 is 0 Å². The van der Waals surface area contributed by atoms with Crippen LogP contribution in [0.2, 0.25) is 0 Å². The van der Waals surface area contributed by atoms with Crippen LogP contribution in [0.1, 0.15) is 5.56 Å². The molecule has 2 fully saturated rings. The highest BCUT2D eigenvalue weighted by Crippen LogP contribution is 2.29. The normalized spacial score (nSPS) is 19.0. The number of carbonyl (C=O) groups excluding carboxylic acids is 1. The van der Waals surface area contributed by atoms with Gasteiger partial charge in [0.2, 0.25) is 0 Å². The number of benzene rings is 1. The summed E-state index contributed by atoms with van der Waals surface area (Å²) in [6, 6.07) is 5.08. The lowest BCUT2D eigenvalue weighted by Crippen LogP contribution is -2.59. The van der Waals surface area contributed by atoms with Crippen LogP contribution < -0.4 is 14.8 Å². The van der Waals surface area contributed by atoms with E-state index in [4.69, 9.17) is 4.74 Å². The molecular formula is C15H19F2N3O3. The SMILES string of the molecule is COc1ccc(CN2CC(N3CCNC3=O)C2)c(OC(F)F)c1. The smallest absolute Gasteiger partial charge is 0.387 e. The molecule has 0 saturated carbocycles. The van der Waals surface area contributed by atoms with E-state index < -0.39 is 6.61 Å². The molecule has 1 aromatic carbocycles. The zero-order chi connectivity index (χ0) is 16.4. The molecule has 0 atom stereocenters. The summed E-state index contributed by atoms with van der Waals surface area (Å²) in [6.07, 6.45) is 0. The molecule has 2 amide bonds. The summed E-state index contributed by atoms with van der Waals surface area (Å²) in [5.74, 6) is 0.598. The molecule has 8 heteroatoms. The Hall–Kier alpha value is -2.09. The van der Waals surface area contributed by atoms with Gasteiger partial charge in [0.15, 0.2) is 0 Å². The van der Waals surface area contributed by atoms with Gasteiger partial charge in [0.1, 0.15) is 11.5 Å². The fourth-order valence-electron chi connectivity index (χ4n) is 2.94. The maximum absolute atomic E-state index is 12.6. The Morgan fingerprint density at radius 3 is 2.78 bits per heavy atom. The number of urea groups is 1. The number of hydrogen-bond acceptors (Lipinski definition) is 4. The number of methoxy groups -OCH3 is 1. The molecule has 0 aliphatic carbocycles. The Balaban J connectivity index is 1.61. The van der Waals surface area contributed by atoms with Gasteiger partial charge in [-0.25, -0.2) is 4.79 Å². The van der Waals surface area contributed by atoms with Crippen molar-refractivity contribution in [2.24, 2.45) is 0 Å². The Bertz CT molecular complexity index is 579. The van der Waals surface area contributed by atoms with Crippen molar-refractivity contribution >= 4 is 6.03 Å². The van der Waals surface area contributed by atoms with Gasteiger partial charge in [-0.05, 0) is 6.07 Å². The number of amides is 2. The van der Waals surface area contributed by atoms with Gasteiger partial charge >= 0.3 is 12.6 Å². The van der Waals surface area contributed by atoms with E-state index >= 15 is 0 Å². The van der Waals surface area contributed by atoms with Crippen LogP contribution in [0.5, 0.6) is 11.5 Å². The van der Waals surface area contributed by atoms with Crippen LogP contribution in [-0.2, 0) is 6.54 Å². The summed E-state index contributed by atoms with van der Waals surface area (Å²) in [5, 5.41) is 2.78. The van der Waals surface area contributed by atoms with Gasteiger partial charge in [0, 0.05) is 44.4 Å². The van der Waals surface area contributed by atoms with Gasteiger partial charge in [-0.3, -0.25) is 4.90 Å². The Morgan fingerprint density at radius 1 is 1.39 bits per heavy atom. The van der Waals surface area contributed by atoms with E-state index in [0.29, 0.717) is 24.4 Å². The molecule has 3 rings (SSSR count). The van der Waals surface area contributed by atoms with Crippen molar-refractivity contribution in [3.63, 3.8) is 0 Å². The minimum Gasteiger partial charge on any atom is -0.497 e. The highest BCUT2D eigenvalue weighted by Gasteiger charge is 2.36. The number of rotatable bonds is 6. The van der Waals surface area contributed by atoms with Gasteiger partial charge in [0.05, 0.1) is 13.2 Å². The number of ether oxygens (including phenoxy) is 2. The summed E-state index contributed by atoms with van der Waals surface area (Å²) in [6.45, 7) is 0.483. The zero-order valence-electron chi connectivity index (χ0n) is 12.8. The molecule has 0 unspecified atom stereocenters. The zero-order valence-corrected chi connectivity index (χ0v) is 12.8. The second-order valence-corrected chi connectivity index (χ2v) is 5.63. The molecule has 23 heavy (non-hydrogen) atoms. The summed E-state index contributed by atoms with van der Waals surface area (Å²) in [5.41, 5.74) is 0.676. The summed E-state index contributed by atoms with van der Waals surface area (Å²) < 4.78 is 34.7. The molecule has 6 nitrogen and oxygen atoms in total. The average molecular weight is 327 g/mol. The van der Waals surface area contributed by atoms with Crippen molar-refractivity contribution in [3.05, 3.63) is 23.8 Å². The number of carbonyl (C=O) groups is 1. The predicted octanol–water partition coefficient (Wildman–Crippen LogP) is 1.51. The monoisotopic (exact) mass is 327 g/mol. The lowest BCUT2D eigenvalue weighted by atomic mass is 10.1. The minimum absolute atomic E-state index is 0.0270. The molecule has 0 radical (unpaired) electrons. The molecule has 0 bridgehead atoms. The Labute approximate surface area is 132 Å². The fourth-order valence-corrected chi connectivity index (χ4v) is 2.94. The van der Waals surface area contributed by atoms with Gasteiger partial charge in [-0.15, -0.1) is 0 Å². The van der Waals surface area contributed by atoms with E-state index in [2.05, 4.69) is 15.0 Å². The fraction of sp³-hybridized carbons (Fsp3) is 0.533. The summed E-state index contributed by atoms with van der Waals surface area (Å²) in [4.78, 5) is 15.5. The molecule has 2 heterocycles. The number of nitrogens with zero attached hydrogens (tertiary/aromatic N) is 2. The molecule has 126 valence electrons. The first kappa shape index (κ1) is 15.8. The van der Waals surface area contributed by atoms with E-state index in [0.717, 1.165) is 19.6 Å². The van der Waals surface area contributed by atoms with Crippen LogP contribution in [0.25, 0.3) is 0 Å². The maximum Gasteiger partial charge on any atom is 0.387 e. The highest BCUT2D eigenvalue weighted by molar-refractivity contribution is 5.76. The first-order valence-electron chi connectivity index (χ1n) is 7.45. The maximum atomic E-state index is 12.6. The molecule has 1 N–H and O–H groups in total. The van der Waals surface area contributed by atoms with Crippen molar-refractivity contribution in [1.29, 1.82) is 0 Å². The number of nitrogens with one attached hydrogen (secondary N) is 1. The molecule has 1 aromatic rings. The van der Waals surface area contributed by atoms with Gasteiger partial charge in [-0.2, -0.15) is 8.78 Å². The van der Waals surface area contributed by atoms with Crippen LogP contribution in [0.4, 0.5) is 13.6 Å². The van der Waals surface area contributed by atoms with Crippen LogP contribution in [0, 0.1) is 0 Å². The molecule has 2 aliphatic rings. The topological polar surface area (TPSA) is 54.0 Å². The largest absolute Gasteiger partial charge is 0.497 e. The summed E-state index contributed by atoms with van der Waals surface area (Å²) in [7, 11) is 1.47. The van der Waals surface area contributed by atoms with Crippen LogP contribution in [0.15, 0.2) is 18.2 Å². The third kappa shape index (κ3) is 3.47. The van der Waals surface area contributed by atoms with E-state index in [-0.39, 0.29) is 17.8 Å². The van der Waals surface area contributed by atoms with Crippen molar-refractivity contribution in [3.8, 4) is 11.5 Å². The number of likely N-dealkylation sites (tertiary alicyclic amines) is 1. The second-order valence-electron chi connectivity index (χ2n) is 5.63. The van der Waals surface area contributed by atoms with Gasteiger partial charge in [0.25, 0.3) is 0 Å². The number of halogens is 2. The predicted molar refractivity (Wildman–Crippen MR) is 78.8 cm³/mol. The quantitative estimate of drug-likeness (QED) is 0.860. The van der Waals surface area contributed by atoms with Crippen molar-refractivity contribution < 1.29 is 23.0 Å². The molecule has 2 aliphatic heterocycles. The molecular weight excluding hydrogens is 308 g/mol.